The molecule has 1 N–H and O–H groups in total. The van der Waals surface area contributed by atoms with Gasteiger partial charge in [0.05, 0.1) is 13.1 Å². The highest BCUT2D eigenvalue weighted by molar-refractivity contribution is 14.1. The number of halogens is 1. The van der Waals surface area contributed by atoms with E-state index in [-0.39, 0.29) is 24.8 Å². The number of hydrogen-bond donors (Lipinski definition) is 1. The highest BCUT2D eigenvalue weighted by Crippen LogP contribution is 2.29. The highest BCUT2D eigenvalue weighted by atomic mass is 127. The van der Waals surface area contributed by atoms with Crippen molar-refractivity contribution in [2.24, 2.45) is 0 Å². The van der Waals surface area contributed by atoms with Crippen LogP contribution in [0.3, 0.4) is 0 Å². The van der Waals surface area contributed by atoms with E-state index in [1.165, 1.54) is 10.0 Å². The second kappa shape index (κ2) is 5.04. The molecule has 1 saturated heterocycles. The van der Waals surface area contributed by atoms with Crippen LogP contribution in [0.1, 0.15) is 27.9 Å². The number of hydrogen-bond acceptors (Lipinski definition) is 3. The fourth-order valence-corrected chi connectivity index (χ4v) is 3.20. The van der Waals surface area contributed by atoms with E-state index < -0.39 is 6.03 Å². The lowest BCUT2D eigenvalue weighted by Crippen LogP contribution is -2.56. The summed E-state index contributed by atoms with van der Waals surface area (Å²) in [5.41, 5.74) is 2.72. The maximum absolute atomic E-state index is 12.4. The Morgan fingerprint density at radius 3 is 2.70 bits per heavy atom. The second-order valence-electron chi connectivity index (χ2n) is 4.67. The summed E-state index contributed by atoms with van der Waals surface area (Å²) in [6.45, 7) is 0.624. The molecule has 0 saturated carbocycles. The molecule has 0 radical (unpaired) electrons. The van der Waals surface area contributed by atoms with Gasteiger partial charge in [-0.05, 0) is 17.2 Å². The zero-order valence-corrected chi connectivity index (χ0v) is 12.7. The van der Waals surface area contributed by atoms with Gasteiger partial charge in [0.15, 0.2) is 0 Å². The Hall–Kier alpha value is -1.64. The van der Waals surface area contributed by atoms with Crippen LogP contribution in [-0.4, -0.2) is 34.4 Å². The Kier molecular flexibility index (Phi) is 3.36. The number of amides is 4. The minimum atomic E-state index is -0.529. The van der Waals surface area contributed by atoms with E-state index in [1.807, 2.05) is 12.1 Å². The fourth-order valence-electron chi connectivity index (χ4n) is 2.49. The molecule has 2 aliphatic heterocycles. The van der Waals surface area contributed by atoms with Crippen molar-refractivity contribution in [3.8, 4) is 0 Å². The van der Waals surface area contributed by atoms with Gasteiger partial charge < -0.3 is 0 Å². The standard InChI is InChI=1S/C13H12IN3O3/c14-6-8-2-1-3-9-10(8)7-17(12(9)19)16-5-4-11(18)15-13(16)20/h1-3H,4-7H2,(H,15,18,20). The Balaban J connectivity index is 1.90. The van der Waals surface area contributed by atoms with Gasteiger partial charge in [0.1, 0.15) is 0 Å². The maximum atomic E-state index is 12.4. The first-order valence-corrected chi connectivity index (χ1v) is 7.74. The summed E-state index contributed by atoms with van der Waals surface area (Å²) < 4.78 is 0.812. The average Bonchev–Trinajstić information content (AvgIpc) is 2.76. The summed E-state index contributed by atoms with van der Waals surface area (Å²) in [6.07, 6.45) is 0.213. The molecule has 2 heterocycles. The molecule has 1 aromatic carbocycles. The second-order valence-corrected chi connectivity index (χ2v) is 5.43. The molecular formula is C13H12IN3O3. The van der Waals surface area contributed by atoms with Crippen LogP contribution < -0.4 is 5.32 Å². The Bertz CT molecular complexity index is 617. The van der Waals surface area contributed by atoms with E-state index in [4.69, 9.17) is 0 Å². The molecule has 0 spiro atoms. The molecule has 6 nitrogen and oxygen atoms in total. The van der Waals surface area contributed by atoms with Crippen molar-refractivity contribution in [1.29, 1.82) is 0 Å². The number of carbonyl (C=O) groups is 3. The van der Waals surface area contributed by atoms with Gasteiger partial charge >= 0.3 is 6.03 Å². The lowest BCUT2D eigenvalue weighted by atomic mass is 10.1. The summed E-state index contributed by atoms with van der Waals surface area (Å²) in [5.74, 6) is -0.487. The van der Waals surface area contributed by atoms with Crippen LogP contribution in [0.5, 0.6) is 0 Å². The molecule has 0 unspecified atom stereocenters. The predicted octanol–water partition coefficient (Wildman–Crippen LogP) is 1.43. The SMILES string of the molecule is O=C1CCN(N2Cc3c(CI)cccc3C2=O)C(=O)N1. The van der Waals surface area contributed by atoms with Crippen molar-refractivity contribution >= 4 is 40.4 Å². The first-order chi connectivity index (χ1) is 9.61. The summed E-state index contributed by atoms with van der Waals surface area (Å²) >= 11 is 2.25. The number of nitrogens with zero attached hydrogens (tertiary/aromatic N) is 2. The fraction of sp³-hybridized carbons (Fsp3) is 0.308. The third kappa shape index (κ3) is 2.05. The molecule has 0 aromatic heterocycles. The first-order valence-electron chi connectivity index (χ1n) is 6.21. The van der Waals surface area contributed by atoms with Crippen LogP contribution in [0.2, 0.25) is 0 Å². The minimum Gasteiger partial charge on any atom is -0.276 e. The smallest absolute Gasteiger partial charge is 0.276 e. The number of alkyl halides is 1. The number of rotatable bonds is 2. The molecule has 104 valence electrons. The predicted molar refractivity (Wildman–Crippen MR) is 78.9 cm³/mol. The van der Waals surface area contributed by atoms with Gasteiger partial charge in [-0.15, -0.1) is 0 Å². The van der Waals surface area contributed by atoms with E-state index in [0.717, 1.165) is 15.6 Å². The zero-order valence-electron chi connectivity index (χ0n) is 10.6. The highest BCUT2D eigenvalue weighted by Gasteiger charge is 2.37. The number of nitrogens with one attached hydrogen (secondary N) is 1. The molecule has 7 heteroatoms. The number of imide groups is 1. The average molecular weight is 385 g/mol. The van der Waals surface area contributed by atoms with Crippen molar-refractivity contribution in [2.45, 2.75) is 17.4 Å². The van der Waals surface area contributed by atoms with Gasteiger partial charge in [-0.3, -0.25) is 14.9 Å². The van der Waals surface area contributed by atoms with Crippen molar-refractivity contribution in [1.82, 2.24) is 15.3 Å². The van der Waals surface area contributed by atoms with Gasteiger partial charge in [0.2, 0.25) is 5.91 Å². The van der Waals surface area contributed by atoms with Crippen LogP contribution in [0.25, 0.3) is 0 Å². The molecule has 1 fully saturated rings. The summed E-state index contributed by atoms with van der Waals surface area (Å²) in [7, 11) is 0. The van der Waals surface area contributed by atoms with Gasteiger partial charge in [-0.1, -0.05) is 34.7 Å². The van der Waals surface area contributed by atoms with Crippen LogP contribution >= 0.6 is 22.6 Å². The van der Waals surface area contributed by atoms with E-state index in [1.54, 1.807) is 6.07 Å². The van der Waals surface area contributed by atoms with E-state index in [9.17, 15) is 14.4 Å². The van der Waals surface area contributed by atoms with Crippen LogP contribution in [-0.2, 0) is 15.8 Å². The van der Waals surface area contributed by atoms with Crippen molar-refractivity contribution < 1.29 is 14.4 Å². The summed E-state index contributed by atoms with van der Waals surface area (Å²) in [5, 5.41) is 4.97. The molecule has 2 aliphatic rings. The molecule has 0 atom stereocenters. The number of fused-ring (bicyclic) bond motifs is 1. The normalized spacial score (nSPS) is 18.4. The molecular weight excluding hydrogens is 373 g/mol. The summed E-state index contributed by atoms with van der Waals surface area (Å²) in [6, 6.07) is 5.09. The first kappa shape index (κ1) is 13.3. The molecule has 1 aromatic rings. The van der Waals surface area contributed by atoms with Crippen molar-refractivity contribution in [2.75, 3.05) is 6.54 Å². The molecule has 0 bridgehead atoms. The minimum absolute atomic E-state index is 0.184. The number of benzene rings is 1. The van der Waals surface area contributed by atoms with Gasteiger partial charge in [-0.25, -0.2) is 14.8 Å². The molecule has 0 aliphatic carbocycles. The lowest BCUT2D eigenvalue weighted by molar-refractivity contribution is -0.123. The zero-order chi connectivity index (χ0) is 14.3. The lowest BCUT2D eigenvalue weighted by Gasteiger charge is -2.33. The van der Waals surface area contributed by atoms with Gasteiger partial charge in [-0.2, -0.15) is 0 Å². The third-order valence-electron chi connectivity index (χ3n) is 3.51. The third-order valence-corrected chi connectivity index (χ3v) is 4.33. The topological polar surface area (TPSA) is 69.7 Å². The monoisotopic (exact) mass is 385 g/mol. The quantitative estimate of drug-likeness (QED) is 0.619. The molecule has 20 heavy (non-hydrogen) atoms. The van der Waals surface area contributed by atoms with Crippen molar-refractivity contribution in [3.63, 3.8) is 0 Å². The largest absolute Gasteiger partial charge is 0.342 e. The number of urea groups is 1. The van der Waals surface area contributed by atoms with Gasteiger partial charge in [0, 0.05) is 16.4 Å². The van der Waals surface area contributed by atoms with Crippen LogP contribution in [0.15, 0.2) is 18.2 Å². The Labute approximate surface area is 129 Å². The maximum Gasteiger partial charge on any atom is 0.342 e. The van der Waals surface area contributed by atoms with Crippen LogP contribution in [0, 0.1) is 0 Å². The van der Waals surface area contributed by atoms with Crippen LogP contribution in [0.4, 0.5) is 4.79 Å². The Morgan fingerprint density at radius 2 is 2.00 bits per heavy atom. The van der Waals surface area contributed by atoms with Crippen molar-refractivity contribution in [3.05, 3.63) is 34.9 Å². The Morgan fingerprint density at radius 1 is 1.20 bits per heavy atom. The van der Waals surface area contributed by atoms with Gasteiger partial charge in [0.25, 0.3) is 5.91 Å². The summed E-state index contributed by atoms with van der Waals surface area (Å²) in [4.78, 5) is 35.4. The number of carbonyl (C=O) groups excluding carboxylic acids is 3. The van der Waals surface area contributed by atoms with E-state index >= 15 is 0 Å². The number of hydrazine groups is 1. The molecule has 3 rings (SSSR count). The van der Waals surface area contributed by atoms with E-state index in [0.29, 0.717) is 12.1 Å². The van der Waals surface area contributed by atoms with E-state index in [2.05, 4.69) is 27.9 Å². The molecule has 4 amide bonds.